The van der Waals surface area contributed by atoms with Crippen LogP contribution in [0.1, 0.15) is 17.1 Å². The summed E-state index contributed by atoms with van der Waals surface area (Å²) in [5, 5.41) is 9.53. The molecule has 3 aliphatic heterocycles. The molecule has 0 saturated carbocycles. The molecule has 190 valence electrons. The normalized spacial score (nSPS) is 19.0. The molecule has 3 aliphatic rings. The van der Waals surface area contributed by atoms with Crippen LogP contribution in [0.4, 0.5) is 20.7 Å². The summed E-state index contributed by atoms with van der Waals surface area (Å²) in [4.78, 5) is 15.0. The van der Waals surface area contributed by atoms with Gasteiger partial charge in [-0.15, -0.1) is 10.2 Å². The third kappa shape index (κ3) is 4.39. The van der Waals surface area contributed by atoms with Crippen LogP contribution in [-0.4, -0.2) is 81.5 Å². The Kier molecular flexibility index (Phi) is 6.01. The lowest BCUT2D eigenvalue weighted by molar-refractivity contribution is -0.179. The fourth-order valence-corrected chi connectivity index (χ4v) is 5.16. The molecule has 6 rings (SSSR count). The Bertz CT molecular complexity index is 1260. The average Bonchev–Trinajstić information content (AvgIpc) is 3.14. The molecule has 2 fully saturated rings. The number of hydrogen-bond donors (Lipinski definition) is 0. The van der Waals surface area contributed by atoms with Crippen LogP contribution in [-0.2, 0) is 17.8 Å². The van der Waals surface area contributed by atoms with Crippen molar-refractivity contribution < 1.29 is 13.5 Å². The van der Waals surface area contributed by atoms with Crippen molar-refractivity contribution in [2.45, 2.75) is 25.9 Å². The molecule has 2 aromatic heterocycles. The minimum absolute atomic E-state index is 0.100. The number of anilines is 2. The van der Waals surface area contributed by atoms with Gasteiger partial charge in [-0.25, -0.2) is 18.7 Å². The lowest BCUT2D eigenvalue weighted by Gasteiger charge is -2.36. The second-order valence-electron chi connectivity index (χ2n) is 9.64. The highest BCUT2D eigenvalue weighted by atomic mass is 35.5. The fourth-order valence-electron chi connectivity index (χ4n) is 4.97. The molecule has 2 saturated heterocycles. The van der Waals surface area contributed by atoms with E-state index < -0.39 is 11.8 Å². The van der Waals surface area contributed by atoms with Crippen LogP contribution in [0.15, 0.2) is 30.5 Å². The molecule has 1 aromatic carbocycles. The van der Waals surface area contributed by atoms with Crippen molar-refractivity contribution in [2.75, 3.05) is 55.7 Å². The van der Waals surface area contributed by atoms with Crippen molar-refractivity contribution in [3.05, 3.63) is 52.6 Å². The van der Waals surface area contributed by atoms with Gasteiger partial charge < -0.3 is 14.5 Å². The molecular weight excluding hydrogens is 490 g/mol. The minimum atomic E-state index is -2.84. The van der Waals surface area contributed by atoms with Crippen LogP contribution >= 0.6 is 11.6 Å². The van der Waals surface area contributed by atoms with Crippen molar-refractivity contribution in [2.24, 2.45) is 5.92 Å². The SMILES string of the molecule is Cc1ccnc(N2CCN(c3nnc4n3-c3ccc(Cl)cc3CN(CC(F)(F)C3COC3)C4)CC2)n1. The molecule has 12 heteroatoms. The zero-order chi connectivity index (χ0) is 24.9. The number of aromatic nitrogens is 5. The quantitative estimate of drug-likeness (QED) is 0.512. The highest BCUT2D eigenvalue weighted by Crippen LogP contribution is 2.35. The van der Waals surface area contributed by atoms with Crippen LogP contribution in [0.3, 0.4) is 0 Å². The maximum atomic E-state index is 14.9. The molecule has 5 heterocycles. The highest BCUT2D eigenvalue weighted by molar-refractivity contribution is 6.30. The van der Waals surface area contributed by atoms with Crippen molar-refractivity contribution in [3.8, 4) is 5.69 Å². The molecule has 0 atom stereocenters. The number of fused-ring (bicyclic) bond motifs is 3. The molecule has 0 bridgehead atoms. The molecule has 9 nitrogen and oxygen atoms in total. The third-order valence-corrected chi connectivity index (χ3v) is 7.29. The maximum absolute atomic E-state index is 14.9. The standard InChI is InChI=1S/C24H27ClF2N8O/c1-16-4-5-28-22(29-16)33-6-8-34(9-7-33)23-31-30-21-12-32(15-24(26,27)18-13-36-14-18)11-17-10-19(25)2-3-20(17)35(21)23/h2-5,10,18H,6-9,11-15H2,1H3. The smallest absolute Gasteiger partial charge is 0.267 e. The summed E-state index contributed by atoms with van der Waals surface area (Å²) in [5.74, 6) is -1.52. The van der Waals surface area contributed by atoms with Gasteiger partial charge in [0, 0.05) is 49.6 Å². The summed E-state index contributed by atoms with van der Waals surface area (Å²) >= 11 is 6.32. The Morgan fingerprint density at radius 1 is 1.06 bits per heavy atom. The number of benzene rings is 1. The molecule has 0 aliphatic carbocycles. The second-order valence-corrected chi connectivity index (χ2v) is 10.1. The minimum Gasteiger partial charge on any atom is -0.380 e. The first-order chi connectivity index (χ1) is 17.4. The van der Waals surface area contributed by atoms with Gasteiger partial charge in [0.05, 0.1) is 37.9 Å². The molecule has 0 radical (unpaired) electrons. The van der Waals surface area contributed by atoms with Crippen molar-refractivity contribution in [1.29, 1.82) is 0 Å². The van der Waals surface area contributed by atoms with Crippen molar-refractivity contribution in [1.82, 2.24) is 29.6 Å². The fraction of sp³-hybridized carbons (Fsp3) is 0.500. The Hall–Kier alpha value is -2.89. The Labute approximate surface area is 212 Å². The van der Waals surface area contributed by atoms with Gasteiger partial charge in [0.25, 0.3) is 5.92 Å². The van der Waals surface area contributed by atoms with Crippen LogP contribution in [0.5, 0.6) is 0 Å². The van der Waals surface area contributed by atoms with Gasteiger partial charge in [0.2, 0.25) is 11.9 Å². The lowest BCUT2D eigenvalue weighted by Crippen LogP contribution is -2.49. The van der Waals surface area contributed by atoms with Gasteiger partial charge >= 0.3 is 0 Å². The van der Waals surface area contributed by atoms with Crippen LogP contribution < -0.4 is 9.80 Å². The van der Waals surface area contributed by atoms with E-state index in [4.69, 9.17) is 16.3 Å². The van der Waals surface area contributed by atoms with Crippen LogP contribution in [0.2, 0.25) is 5.02 Å². The molecule has 0 N–H and O–H groups in total. The summed E-state index contributed by atoms with van der Waals surface area (Å²) in [7, 11) is 0. The summed E-state index contributed by atoms with van der Waals surface area (Å²) in [6.07, 6.45) is 1.78. The van der Waals surface area contributed by atoms with E-state index in [1.54, 1.807) is 11.1 Å². The Balaban J connectivity index is 1.27. The second kappa shape index (κ2) is 9.20. The van der Waals surface area contributed by atoms with Gasteiger partial charge in [0.1, 0.15) is 0 Å². The van der Waals surface area contributed by atoms with E-state index in [1.807, 2.05) is 35.8 Å². The molecule has 0 unspecified atom stereocenters. The first kappa shape index (κ1) is 23.5. The van der Waals surface area contributed by atoms with Crippen molar-refractivity contribution in [3.63, 3.8) is 0 Å². The summed E-state index contributed by atoms with van der Waals surface area (Å²) in [6.45, 7) is 5.29. The van der Waals surface area contributed by atoms with Gasteiger partial charge in [-0.1, -0.05) is 11.6 Å². The summed E-state index contributed by atoms with van der Waals surface area (Å²) < 4.78 is 36.8. The number of ether oxygens (including phenoxy) is 1. The van der Waals surface area contributed by atoms with E-state index in [-0.39, 0.29) is 26.3 Å². The number of hydrogen-bond acceptors (Lipinski definition) is 8. The number of halogens is 3. The Morgan fingerprint density at radius 2 is 1.83 bits per heavy atom. The van der Waals surface area contributed by atoms with Crippen LogP contribution in [0.25, 0.3) is 5.69 Å². The van der Waals surface area contributed by atoms with Gasteiger partial charge in [-0.3, -0.25) is 9.47 Å². The lowest BCUT2D eigenvalue weighted by atomic mass is 9.99. The molecule has 0 amide bonds. The predicted octanol–water partition coefficient (Wildman–Crippen LogP) is 2.94. The summed E-state index contributed by atoms with van der Waals surface area (Å²) in [6, 6.07) is 7.47. The number of nitrogens with zero attached hydrogens (tertiary/aromatic N) is 8. The number of alkyl halides is 2. The van der Waals surface area contributed by atoms with E-state index in [0.717, 1.165) is 36.0 Å². The first-order valence-electron chi connectivity index (χ1n) is 12.1. The average molecular weight is 517 g/mol. The molecule has 0 spiro atoms. The molecule has 3 aromatic rings. The topological polar surface area (TPSA) is 75.4 Å². The number of piperazine rings is 1. The van der Waals surface area contributed by atoms with E-state index >= 15 is 0 Å². The summed E-state index contributed by atoms with van der Waals surface area (Å²) in [5.41, 5.74) is 2.67. The first-order valence-corrected chi connectivity index (χ1v) is 12.5. The predicted molar refractivity (Wildman–Crippen MR) is 131 cm³/mol. The monoisotopic (exact) mass is 516 g/mol. The highest BCUT2D eigenvalue weighted by Gasteiger charge is 2.45. The van der Waals surface area contributed by atoms with Gasteiger partial charge in [0.15, 0.2) is 5.82 Å². The largest absolute Gasteiger partial charge is 0.380 e. The number of aryl methyl sites for hydroxylation is 1. The van der Waals surface area contributed by atoms with E-state index in [9.17, 15) is 8.78 Å². The van der Waals surface area contributed by atoms with E-state index in [0.29, 0.717) is 36.4 Å². The van der Waals surface area contributed by atoms with E-state index in [2.05, 4.69) is 30.0 Å². The maximum Gasteiger partial charge on any atom is 0.267 e. The van der Waals surface area contributed by atoms with Gasteiger partial charge in [-0.2, -0.15) is 0 Å². The third-order valence-electron chi connectivity index (χ3n) is 7.05. The van der Waals surface area contributed by atoms with Gasteiger partial charge in [-0.05, 0) is 36.8 Å². The molecular formula is C24H27ClF2N8O. The molecule has 36 heavy (non-hydrogen) atoms. The van der Waals surface area contributed by atoms with Crippen LogP contribution in [0, 0.1) is 12.8 Å². The Morgan fingerprint density at radius 3 is 2.56 bits per heavy atom. The zero-order valence-corrected chi connectivity index (χ0v) is 20.7. The number of rotatable bonds is 5. The van der Waals surface area contributed by atoms with E-state index in [1.165, 1.54) is 0 Å². The zero-order valence-electron chi connectivity index (χ0n) is 19.9. The van der Waals surface area contributed by atoms with Crippen molar-refractivity contribution >= 4 is 23.5 Å².